The molecular weight excluding hydrogens is 228 g/mol. The SMILES string of the molecule is CC(C)(C)C#CC12C3CCCC1C32C#CC(C)(C)C. The summed E-state index contributed by atoms with van der Waals surface area (Å²) in [5.41, 5.74) is 0.877. The van der Waals surface area contributed by atoms with Crippen molar-refractivity contribution in [3.8, 4) is 23.7 Å². The van der Waals surface area contributed by atoms with Gasteiger partial charge in [-0.3, -0.25) is 0 Å². The fraction of sp³-hybridized carbons (Fsp3) is 0.789. The average molecular weight is 254 g/mol. The maximum absolute atomic E-state index is 3.67. The Morgan fingerprint density at radius 3 is 1.42 bits per heavy atom. The first-order valence-electron chi connectivity index (χ1n) is 7.72. The molecular formula is C19H26. The Morgan fingerprint density at radius 2 is 1.11 bits per heavy atom. The summed E-state index contributed by atoms with van der Waals surface area (Å²) in [7, 11) is 0. The van der Waals surface area contributed by atoms with Crippen molar-refractivity contribution >= 4 is 0 Å². The largest absolute Gasteiger partial charge is 0.0967 e. The summed E-state index contributed by atoms with van der Waals surface area (Å²) in [5, 5.41) is 0. The van der Waals surface area contributed by atoms with Crippen LogP contribution in [-0.2, 0) is 0 Å². The molecule has 0 radical (unpaired) electrons. The van der Waals surface area contributed by atoms with Gasteiger partial charge in [-0.15, -0.1) is 0 Å². The molecule has 0 spiro atoms. The molecule has 3 aliphatic carbocycles. The van der Waals surface area contributed by atoms with Crippen molar-refractivity contribution in [1.29, 1.82) is 0 Å². The maximum atomic E-state index is 3.67. The lowest BCUT2D eigenvalue weighted by molar-refractivity contribution is 0.282. The summed E-state index contributed by atoms with van der Waals surface area (Å²) in [6.45, 7) is 13.2. The molecule has 0 N–H and O–H groups in total. The van der Waals surface area contributed by atoms with Crippen LogP contribution in [0.2, 0.25) is 0 Å². The monoisotopic (exact) mass is 254 g/mol. The summed E-state index contributed by atoms with van der Waals surface area (Å²) in [5.74, 6) is 15.9. The minimum absolute atomic E-state index is 0.122. The lowest BCUT2D eigenvalue weighted by atomic mass is 9.78. The first-order valence-corrected chi connectivity index (χ1v) is 7.72. The average Bonchev–Trinajstić information content (AvgIpc) is 3.08. The van der Waals surface area contributed by atoms with E-state index in [1.54, 1.807) is 0 Å². The van der Waals surface area contributed by atoms with Crippen molar-refractivity contribution in [3.63, 3.8) is 0 Å². The van der Waals surface area contributed by atoms with Gasteiger partial charge in [-0.1, -0.05) is 30.1 Å². The van der Waals surface area contributed by atoms with Gasteiger partial charge in [0.1, 0.15) is 0 Å². The molecule has 3 saturated carbocycles. The van der Waals surface area contributed by atoms with Crippen LogP contribution in [-0.4, -0.2) is 0 Å². The molecule has 3 aliphatic rings. The Hall–Kier alpha value is -0.880. The van der Waals surface area contributed by atoms with Crippen molar-refractivity contribution in [2.24, 2.45) is 33.5 Å². The van der Waals surface area contributed by atoms with Crippen molar-refractivity contribution in [2.75, 3.05) is 0 Å². The third-order valence-electron chi connectivity index (χ3n) is 4.99. The highest BCUT2D eigenvalue weighted by Crippen LogP contribution is 2.97. The van der Waals surface area contributed by atoms with Crippen LogP contribution < -0.4 is 0 Å². The number of hydrogen-bond donors (Lipinski definition) is 0. The Balaban J connectivity index is 1.89. The van der Waals surface area contributed by atoms with E-state index in [1.807, 2.05) is 0 Å². The molecule has 3 fully saturated rings. The molecule has 0 aromatic carbocycles. The third kappa shape index (κ3) is 1.69. The molecule has 19 heavy (non-hydrogen) atoms. The molecule has 0 amide bonds. The van der Waals surface area contributed by atoms with Gasteiger partial charge in [-0.25, -0.2) is 0 Å². The number of hydrogen-bond acceptors (Lipinski definition) is 0. The van der Waals surface area contributed by atoms with Crippen LogP contribution in [0.3, 0.4) is 0 Å². The van der Waals surface area contributed by atoms with Crippen molar-refractivity contribution in [1.82, 2.24) is 0 Å². The van der Waals surface area contributed by atoms with E-state index in [2.05, 4.69) is 65.2 Å². The molecule has 0 nitrogen and oxygen atoms in total. The molecule has 0 bridgehead atoms. The maximum Gasteiger partial charge on any atom is 0.0573 e. The van der Waals surface area contributed by atoms with Crippen LogP contribution in [0.4, 0.5) is 0 Å². The molecule has 0 aromatic rings. The fourth-order valence-corrected chi connectivity index (χ4v) is 4.17. The van der Waals surface area contributed by atoms with Gasteiger partial charge in [0.2, 0.25) is 0 Å². The van der Waals surface area contributed by atoms with Crippen LogP contribution in [0.5, 0.6) is 0 Å². The van der Waals surface area contributed by atoms with E-state index in [0.29, 0.717) is 10.8 Å². The molecule has 102 valence electrons. The number of rotatable bonds is 0. The van der Waals surface area contributed by atoms with Crippen LogP contribution in [0.15, 0.2) is 0 Å². The van der Waals surface area contributed by atoms with E-state index >= 15 is 0 Å². The first-order chi connectivity index (χ1) is 8.64. The topological polar surface area (TPSA) is 0 Å². The normalized spacial score (nSPS) is 42.2. The zero-order valence-electron chi connectivity index (χ0n) is 13.3. The molecule has 0 aliphatic heterocycles. The summed E-state index contributed by atoms with van der Waals surface area (Å²) in [6.07, 6.45) is 4.11. The van der Waals surface area contributed by atoms with Crippen molar-refractivity contribution in [3.05, 3.63) is 0 Å². The van der Waals surface area contributed by atoms with Gasteiger partial charge in [0.15, 0.2) is 0 Å². The zero-order valence-corrected chi connectivity index (χ0v) is 13.3. The summed E-state index contributed by atoms with van der Waals surface area (Å²) in [6, 6.07) is 0. The minimum Gasteiger partial charge on any atom is -0.0967 e. The van der Waals surface area contributed by atoms with Crippen molar-refractivity contribution < 1.29 is 0 Å². The summed E-state index contributed by atoms with van der Waals surface area (Å²) < 4.78 is 0. The Morgan fingerprint density at radius 1 is 0.737 bits per heavy atom. The number of fused-ring (bicyclic) bond motifs is 2. The van der Waals surface area contributed by atoms with Gasteiger partial charge in [-0.05, 0) is 66.2 Å². The van der Waals surface area contributed by atoms with E-state index in [0.717, 1.165) is 11.8 Å². The van der Waals surface area contributed by atoms with E-state index < -0.39 is 0 Å². The van der Waals surface area contributed by atoms with Gasteiger partial charge in [-0.2, -0.15) is 0 Å². The highest BCUT2D eigenvalue weighted by molar-refractivity contribution is 5.60. The second-order valence-electron chi connectivity index (χ2n) is 8.77. The standard InChI is InChI=1S/C19H26/c1-16(2,3)10-12-18-14-8-7-9-15(18)19(14,18)13-11-17(4,5)6/h14-15H,7-9H2,1-6H3. The highest BCUT2D eigenvalue weighted by atomic mass is 15.0. The highest BCUT2D eigenvalue weighted by Gasteiger charge is 2.97. The van der Waals surface area contributed by atoms with Crippen LogP contribution in [0.1, 0.15) is 60.8 Å². The van der Waals surface area contributed by atoms with Crippen LogP contribution in [0, 0.1) is 57.2 Å². The van der Waals surface area contributed by atoms with E-state index in [-0.39, 0.29) is 10.8 Å². The van der Waals surface area contributed by atoms with E-state index in [4.69, 9.17) is 0 Å². The molecule has 0 heteroatoms. The minimum atomic E-state index is 0.122. The second kappa shape index (κ2) is 3.41. The van der Waals surface area contributed by atoms with Crippen molar-refractivity contribution in [2.45, 2.75) is 60.8 Å². The molecule has 0 saturated heterocycles. The Kier molecular flexibility index (Phi) is 2.35. The Bertz CT molecular complexity index is 469. The van der Waals surface area contributed by atoms with Crippen LogP contribution >= 0.6 is 0 Å². The van der Waals surface area contributed by atoms with Gasteiger partial charge in [0, 0.05) is 10.8 Å². The van der Waals surface area contributed by atoms with Crippen LogP contribution in [0.25, 0.3) is 0 Å². The quantitative estimate of drug-likeness (QED) is 0.558. The molecule has 3 rings (SSSR count). The van der Waals surface area contributed by atoms with Gasteiger partial charge < -0.3 is 0 Å². The lowest BCUT2D eigenvalue weighted by Gasteiger charge is -2.24. The lowest BCUT2D eigenvalue weighted by Crippen LogP contribution is -2.19. The zero-order chi connectivity index (χ0) is 14.1. The molecule has 0 atom stereocenters. The van der Waals surface area contributed by atoms with Gasteiger partial charge in [0.25, 0.3) is 0 Å². The summed E-state index contributed by atoms with van der Waals surface area (Å²) in [4.78, 5) is 0. The molecule has 0 unspecified atom stereocenters. The second-order valence-corrected chi connectivity index (χ2v) is 8.77. The first kappa shape index (κ1) is 13.1. The molecule has 0 heterocycles. The van der Waals surface area contributed by atoms with E-state index in [9.17, 15) is 0 Å². The summed E-state index contributed by atoms with van der Waals surface area (Å²) >= 11 is 0. The predicted molar refractivity (Wildman–Crippen MR) is 80.2 cm³/mol. The fourth-order valence-electron chi connectivity index (χ4n) is 4.17. The van der Waals surface area contributed by atoms with Gasteiger partial charge >= 0.3 is 0 Å². The molecule has 0 aromatic heterocycles. The Labute approximate surface area is 118 Å². The predicted octanol–water partition coefficient (Wildman–Crippen LogP) is 4.50. The third-order valence-corrected chi connectivity index (χ3v) is 4.99. The van der Waals surface area contributed by atoms with Gasteiger partial charge in [0.05, 0.1) is 10.8 Å². The smallest absolute Gasteiger partial charge is 0.0573 e. The van der Waals surface area contributed by atoms with E-state index in [1.165, 1.54) is 19.3 Å².